The fourth-order valence-corrected chi connectivity index (χ4v) is 3.93. The molecule has 10 heteroatoms. The van der Waals surface area contributed by atoms with Crippen molar-refractivity contribution in [1.29, 1.82) is 0 Å². The van der Waals surface area contributed by atoms with E-state index in [0.717, 1.165) is 36.1 Å². The molecule has 3 heterocycles. The Morgan fingerprint density at radius 2 is 1.78 bits per heavy atom. The molecule has 0 saturated heterocycles. The first-order chi connectivity index (χ1) is 17.4. The molecule has 1 aromatic carbocycles. The van der Waals surface area contributed by atoms with Gasteiger partial charge in [0.15, 0.2) is 5.76 Å². The highest BCUT2D eigenvalue weighted by molar-refractivity contribution is 5.93. The van der Waals surface area contributed by atoms with Crippen LogP contribution in [0, 0.1) is 0 Å². The van der Waals surface area contributed by atoms with Crippen LogP contribution in [0.25, 0.3) is 22.6 Å². The Kier molecular flexibility index (Phi) is 7.94. The maximum atomic E-state index is 12.8. The van der Waals surface area contributed by atoms with E-state index in [4.69, 9.17) is 4.42 Å². The molecule has 0 aliphatic heterocycles. The summed E-state index contributed by atoms with van der Waals surface area (Å²) in [6.45, 7) is 0. The zero-order valence-electron chi connectivity index (χ0n) is 20.8. The topological polar surface area (TPSA) is 120 Å². The van der Waals surface area contributed by atoms with Crippen molar-refractivity contribution in [3.05, 3.63) is 66.6 Å². The number of unbranched alkanes of at least 4 members (excludes halogenated alkanes) is 2. The predicted octanol–water partition coefficient (Wildman–Crippen LogP) is 3.64. The van der Waals surface area contributed by atoms with E-state index in [1.165, 1.54) is 6.20 Å². The molecule has 0 aliphatic carbocycles. The number of aryl methyl sites for hydroxylation is 2. The Morgan fingerprint density at radius 1 is 1.00 bits per heavy atom. The molecule has 10 nitrogen and oxygen atoms in total. The number of nitrogens with one attached hydrogen (secondary N) is 2. The zero-order chi connectivity index (χ0) is 25.5. The van der Waals surface area contributed by atoms with Gasteiger partial charge in [-0.2, -0.15) is 10.2 Å². The number of carbonyl (C=O) groups excluding carboxylic acids is 2. The van der Waals surface area contributed by atoms with Crippen LogP contribution < -0.4 is 10.6 Å². The summed E-state index contributed by atoms with van der Waals surface area (Å²) in [5.41, 5.74) is 3.27. The lowest BCUT2D eigenvalue weighted by Crippen LogP contribution is -2.28. The van der Waals surface area contributed by atoms with Crippen molar-refractivity contribution in [2.45, 2.75) is 38.1 Å². The average molecular weight is 490 g/mol. The molecule has 4 rings (SSSR count). The number of hydrogen-bond donors (Lipinski definition) is 2. The highest BCUT2D eigenvalue weighted by Gasteiger charge is 2.22. The van der Waals surface area contributed by atoms with Crippen molar-refractivity contribution in [3.8, 4) is 22.6 Å². The van der Waals surface area contributed by atoms with Crippen LogP contribution in [0.5, 0.6) is 0 Å². The minimum Gasteiger partial charge on any atom is -0.438 e. The van der Waals surface area contributed by atoms with Crippen molar-refractivity contribution in [3.63, 3.8) is 0 Å². The number of aromatic nitrogens is 5. The third kappa shape index (κ3) is 6.26. The summed E-state index contributed by atoms with van der Waals surface area (Å²) >= 11 is 0. The molecule has 2 N–H and O–H groups in total. The molecule has 1 unspecified atom stereocenters. The van der Waals surface area contributed by atoms with Crippen LogP contribution in [0.2, 0.25) is 0 Å². The maximum Gasteiger partial charge on any atom is 0.255 e. The number of rotatable bonds is 11. The van der Waals surface area contributed by atoms with Crippen LogP contribution in [-0.2, 0) is 18.9 Å². The Balaban J connectivity index is 1.46. The van der Waals surface area contributed by atoms with E-state index >= 15 is 0 Å². The van der Waals surface area contributed by atoms with Crippen LogP contribution in [-0.4, -0.2) is 43.4 Å². The van der Waals surface area contributed by atoms with Crippen molar-refractivity contribution in [2.24, 2.45) is 14.1 Å². The van der Waals surface area contributed by atoms with E-state index < -0.39 is 6.04 Å². The van der Waals surface area contributed by atoms with Gasteiger partial charge in [-0.15, -0.1) is 0 Å². The number of nitrogens with zero attached hydrogens (tertiary/aromatic N) is 5. The van der Waals surface area contributed by atoms with Crippen LogP contribution in [0.1, 0.15) is 54.4 Å². The van der Waals surface area contributed by atoms with E-state index in [9.17, 15) is 9.59 Å². The van der Waals surface area contributed by atoms with E-state index in [0.29, 0.717) is 30.1 Å². The highest BCUT2D eigenvalue weighted by Crippen LogP contribution is 2.28. The zero-order valence-corrected chi connectivity index (χ0v) is 20.8. The smallest absolute Gasteiger partial charge is 0.255 e. The van der Waals surface area contributed by atoms with E-state index in [1.54, 1.807) is 35.9 Å². The first-order valence-electron chi connectivity index (χ1n) is 12.0. The molecule has 0 fully saturated rings. The monoisotopic (exact) mass is 489 g/mol. The van der Waals surface area contributed by atoms with Gasteiger partial charge in [0.05, 0.1) is 23.7 Å². The second-order valence-electron chi connectivity index (χ2n) is 8.72. The third-order valence-corrected chi connectivity index (χ3v) is 5.95. The Labute approximate surface area is 209 Å². The second-order valence-corrected chi connectivity index (χ2v) is 8.72. The molecule has 0 spiro atoms. The van der Waals surface area contributed by atoms with Crippen molar-refractivity contribution in [1.82, 2.24) is 35.2 Å². The molecule has 2 amide bonds. The van der Waals surface area contributed by atoms with Gasteiger partial charge >= 0.3 is 0 Å². The molecule has 4 aromatic rings. The molecule has 188 valence electrons. The molecule has 3 aromatic heterocycles. The number of carbonyl (C=O) groups is 2. The minimum atomic E-state index is -0.403. The van der Waals surface area contributed by atoms with Gasteiger partial charge in [-0.1, -0.05) is 37.1 Å². The summed E-state index contributed by atoms with van der Waals surface area (Å²) in [5.74, 6) is 0.862. The van der Waals surface area contributed by atoms with Gasteiger partial charge in [0.25, 0.3) is 5.91 Å². The van der Waals surface area contributed by atoms with Crippen molar-refractivity contribution < 1.29 is 14.0 Å². The van der Waals surface area contributed by atoms with Gasteiger partial charge in [-0.05, 0) is 18.9 Å². The first kappa shape index (κ1) is 24.9. The molecule has 0 aliphatic rings. The van der Waals surface area contributed by atoms with Crippen LogP contribution >= 0.6 is 0 Å². The van der Waals surface area contributed by atoms with Crippen molar-refractivity contribution >= 4 is 11.8 Å². The highest BCUT2D eigenvalue weighted by atomic mass is 16.4. The van der Waals surface area contributed by atoms with Crippen LogP contribution in [0.3, 0.4) is 0 Å². The summed E-state index contributed by atoms with van der Waals surface area (Å²) in [4.78, 5) is 28.8. The fourth-order valence-electron chi connectivity index (χ4n) is 3.93. The quantitative estimate of drug-likeness (QED) is 0.310. The molecule has 0 saturated carbocycles. The Morgan fingerprint density at radius 3 is 2.44 bits per heavy atom. The van der Waals surface area contributed by atoms with E-state index in [-0.39, 0.29) is 11.8 Å². The van der Waals surface area contributed by atoms with Gasteiger partial charge in [-0.3, -0.25) is 19.0 Å². The van der Waals surface area contributed by atoms with Crippen LogP contribution in [0.15, 0.2) is 59.5 Å². The minimum absolute atomic E-state index is 0.0304. The summed E-state index contributed by atoms with van der Waals surface area (Å²) in [5, 5.41) is 14.2. The second kappa shape index (κ2) is 11.5. The predicted molar refractivity (Wildman–Crippen MR) is 135 cm³/mol. The summed E-state index contributed by atoms with van der Waals surface area (Å²) in [7, 11) is 5.29. The van der Waals surface area contributed by atoms with Gasteiger partial charge in [0.1, 0.15) is 6.04 Å². The number of oxazole rings is 1. The summed E-state index contributed by atoms with van der Waals surface area (Å²) in [6, 6.07) is 9.49. The van der Waals surface area contributed by atoms with Crippen molar-refractivity contribution in [2.75, 3.05) is 7.05 Å². The summed E-state index contributed by atoms with van der Waals surface area (Å²) in [6.07, 6.45) is 10.4. The Bertz CT molecular complexity index is 1300. The van der Waals surface area contributed by atoms with Gasteiger partial charge in [-0.25, -0.2) is 4.98 Å². The lowest BCUT2D eigenvalue weighted by molar-refractivity contribution is -0.120. The third-order valence-electron chi connectivity index (χ3n) is 5.95. The first-order valence-corrected chi connectivity index (χ1v) is 12.0. The summed E-state index contributed by atoms with van der Waals surface area (Å²) < 4.78 is 9.46. The van der Waals surface area contributed by atoms with Gasteiger partial charge < -0.3 is 15.1 Å². The van der Waals surface area contributed by atoms with E-state index in [2.05, 4.69) is 25.8 Å². The van der Waals surface area contributed by atoms with Crippen LogP contribution in [0.4, 0.5) is 0 Å². The molecule has 36 heavy (non-hydrogen) atoms. The molecular formula is C26H31N7O3. The van der Waals surface area contributed by atoms with Gasteiger partial charge in [0.2, 0.25) is 11.8 Å². The standard InChI is InChI=1S/C26H31N7O3/c1-27-24(34)8-6-4-5-7-22(30-25(35)20-15-29-33(3)17-20)26-28-16-23(36-26)19-11-9-18(10-12-19)21-13-14-32(2)31-21/h9-17,22H,4-8H2,1-3H3,(H,27,34)(H,30,35). The molecular weight excluding hydrogens is 458 g/mol. The van der Waals surface area contributed by atoms with Gasteiger partial charge in [0, 0.05) is 51.1 Å². The normalized spacial score (nSPS) is 11.9. The van der Waals surface area contributed by atoms with E-state index in [1.807, 2.05) is 43.6 Å². The maximum absolute atomic E-state index is 12.8. The molecule has 0 bridgehead atoms. The largest absolute Gasteiger partial charge is 0.438 e. The number of amides is 2. The Hall–Kier alpha value is -4.21. The molecule has 1 atom stereocenters. The lowest BCUT2D eigenvalue weighted by atomic mass is 10.1. The number of benzene rings is 1. The fraction of sp³-hybridized carbons (Fsp3) is 0.346. The molecule has 0 radical (unpaired) electrons. The lowest BCUT2D eigenvalue weighted by Gasteiger charge is -2.15. The average Bonchev–Trinajstić information content (AvgIpc) is 3.64. The number of hydrogen-bond acceptors (Lipinski definition) is 6. The SMILES string of the molecule is CNC(=O)CCCCCC(NC(=O)c1cnn(C)c1)c1ncc(-c2ccc(-c3ccn(C)n3)cc2)o1.